The molecule has 1 saturated carbocycles. The molecule has 1 aliphatic rings. The molecule has 80 valence electrons. The van der Waals surface area contributed by atoms with E-state index < -0.39 is 5.60 Å². The molecule has 2 atom stereocenters. The minimum absolute atomic E-state index is 0.0140. The van der Waals surface area contributed by atoms with Crippen LogP contribution in [-0.4, -0.2) is 24.8 Å². The standard InChI is InChI=1S/C11H18O3/c1-4-10(12)14-11(2)8-6-5-7-9(11)13-3/h4,9H,1,5-8H2,2-3H3. The zero-order valence-corrected chi connectivity index (χ0v) is 8.91. The van der Waals surface area contributed by atoms with Gasteiger partial charge in [0.2, 0.25) is 0 Å². The van der Waals surface area contributed by atoms with Gasteiger partial charge in [-0.25, -0.2) is 4.79 Å². The Labute approximate surface area is 85.1 Å². The summed E-state index contributed by atoms with van der Waals surface area (Å²) in [5, 5.41) is 0. The summed E-state index contributed by atoms with van der Waals surface area (Å²) in [6.45, 7) is 5.32. The van der Waals surface area contributed by atoms with Crippen molar-refractivity contribution in [2.75, 3.05) is 7.11 Å². The van der Waals surface area contributed by atoms with E-state index in [1.54, 1.807) is 7.11 Å². The Hall–Kier alpha value is -0.830. The SMILES string of the molecule is C=CC(=O)OC1(C)CCCCC1OC. The fraction of sp³-hybridized carbons (Fsp3) is 0.727. The van der Waals surface area contributed by atoms with Crippen LogP contribution in [0.4, 0.5) is 0 Å². The molecule has 0 aromatic heterocycles. The molecule has 2 unspecified atom stereocenters. The van der Waals surface area contributed by atoms with Gasteiger partial charge in [-0.2, -0.15) is 0 Å². The lowest BCUT2D eigenvalue weighted by atomic mass is 9.83. The van der Waals surface area contributed by atoms with Crippen LogP contribution in [-0.2, 0) is 14.3 Å². The summed E-state index contributed by atoms with van der Waals surface area (Å²) in [5.74, 6) is -0.364. The van der Waals surface area contributed by atoms with Crippen LogP contribution in [0, 0.1) is 0 Å². The highest BCUT2D eigenvalue weighted by atomic mass is 16.6. The number of carbonyl (C=O) groups excluding carboxylic acids is 1. The van der Waals surface area contributed by atoms with E-state index in [0.717, 1.165) is 25.7 Å². The predicted octanol–water partition coefficient (Wildman–Crippen LogP) is 2.06. The largest absolute Gasteiger partial charge is 0.453 e. The van der Waals surface area contributed by atoms with E-state index in [0.29, 0.717) is 0 Å². The fourth-order valence-electron chi connectivity index (χ4n) is 2.03. The number of hydrogen-bond acceptors (Lipinski definition) is 3. The Morgan fingerprint density at radius 2 is 2.29 bits per heavy atom. The molecule has 1 fully saturated rings. The maximum Gasteiger partial charge on any atom is 0.330 e. The predicted molar refractivity (Wildman–Crippen MR) is 54.0 cm³/mol. The smallest absolute Gasteiger partial charge is 0.330 e. The Morgan fingerprint density at radius 3 is 2.86 bits per heavy atom. The Kier molecular flexibility index (Phi) is 3.69. The molecular weight excluding hydrogens is 180 g/mol. The molecule has 3 heteroatoms. The first-order valence-electron chi connectivity index (χ1n) is 5.00. The zero-order valence-electron chi connectivity index (χ0n) is 8.91. The molecule has 1 aliphatic carbocycles. The summed E-state index contributed by atoms with van der Waals surface area (Å²) in [6, 6.07) is 0. The van der Waals surface area contributed by atoms with Crippen molar-refractivity contribution >= 4 is 5.97 Å². The second-order valence-corrected chi connectivity index (χ2v) is 3.91. The summed E-state index contributed by atoms with van der Waals surface area (Å²) in [6.07, 6.45) is 5.26. The topological polar surface area (TPSA) is 35.5 Å². The molecular formula is C11H18O3. The van der Waals surface area contributed by atoms with Crippen molar-refractivity contribution in [3.05, 3.63) is 12.7 Å². The average Bonchev–Trinajstić information content (AvgIpc) is 2.18. The van der Waals surface area contributed by atoms with Gasteiger partial charge in [0.15, 0.2) is 0 Å². The first-order chi connectivity index (χ1) is 6.62. The van der Waals surface area contributed by atoms with Crippen LogP contribution in [0.5, 0.6) is 0 Å². The molecule has 14 heavy (non-hydrogen) atoms. The Morgan fingerprint density at radius 1 is 1.57 bits per heavy atom. The molecule has 0 bridgehead atoms. The lowest BCUT2D eigenvalue weighted by Gasteiger charge is -2.39. The third-order valence-electron chi connectivity index (χ3n) is 2.86. The maximum absolute atomic E-state index is 11.2. The zero-order chi connectivity index (χ0) is 10.6. The van der Waals surface area contributed by atoms with Gasteiger partial charge in [0, 0.05) is 13.2 Å². The van der Waals surface area contributed by atoms with E-state index in [1.807, 2.05) is 6.92 Å². The number of rotatable bonds is 3. The van der Waals surface area contributed by atoms with Gasteiger partial charge in [-0.15, -0.1) is 0 Å². The van der Waals surface area contributed by atoms with E-state index in [2.05, 4.69) is 6.58 Å². The monoisotopic (exact) mass is 198 g/mol. The molecule has 3 nitrogen and oxygen atoms in total. The molecule has 0 saturated heterocycles. The van der Waals surface area contributed by atoms with Crippen molar-refractivity contribution in [2.45, 2.75) is 44.3 Å². The lowest BCUT2D eigenvalue weighted by Crippen LogP contribution is -2.46. The van der Waals surface area contributed by atoms with Crippen LogP contribution in [0.1, 0.15) is 32.6 Å². The van der Waals surface area contributed by atoms with Gasteiger partial charge in [0.25, 0.3) is 0 Å². The number of carbonyl (C=O) groups is 1. The first kappa shape index (κ1) is 11.2. The number of ether oxygens (including phenoxy) is 2. The molecule has 0 amide bonds. The van der Waals surface area contributed by atoms with Gasteiger partial charge >= 0.3 is 5.97 Å². The van der Waals surface area contributed by atoms with E-state index in [-0.39, 0.29) is 12.1 Å². The number of esters is 1. The van der Waals surface area contributed by atoms with Crippen LogP contribution in [0.2, 0.25) is 0 Å². The van der Waals surface area contributed by atoms with E-state index in [9.17, 15) is 4.79 Å². The van der Waals surface area contributed by atoms with E-state index in [4.69, 9.17) is 9.47 Å². The summed E-state index contributed by atoms with van der Waals surface area (Å²) < 4.78 is 10.7. The van der Waals surface area contributed by atoms with Gasteiger partial charge in [-0.1, -0.05) is 13.0 Å². The van der Waals surface area contributed by atoms with Crippen molar-refractivity contribution in [2.24, 2.45) is 0 Å². The fourth-order valence-corrected chi connectivity index (χ4v) is 2.03. The highest BCUT2D eigenvalue weighted by Crippen LogP contribution is 2.33. The molecule has 0 aromatic rings. The second kappa shape index (κ2) is 4.60. The van der Waals surface area contributed by atoms with Crippen molar-refractivity contribution in [1.82, 2.24) is 0 Å². The quantitative estimate of drug-likeness (QED) is 0.514. The minimum atomic E-state index is -0.474. The summed E-state index contributed by atoms with van der Waals surface area (Å²) in [5.41, 5.74) is -0.474. The first-order valence-corrected chi connectivity index (χ1v) is 5.00. The average molecular weight is 198 g/mol. The normalized spacial score (nSPS) is 32.3. The number of methoxy groups -OCH3 is 1. The van der Waals surface area contributed by atoms with Crippen LogP contribution >= 0.6 is 0 Å². The minimum Gasteiger partial charge on any atom is -0.453 e. The van der Waals surface area contributed by atoms with Crippen molar-refractivity contribution in [3.8, 4) is 0 Å². The molecule has 1 rings (SSSR count). The van der Waals surface area contributed by atoms with E-state index >= 15 is 0 Å². The third kappa shape index (κ3) is 2.35. The summed E-state index contributed by atoms with van der Waals surface area (Å²) in [4.78, 5) is 11.2. The molecule has 0 spiro atoms. The number of hydrogen-bond donors (Lipinski definition) is 0. The lowest BCUT2D eigenvalue weighted by molar-refractivity contribution is -0.173. The van der Waals surface area contributed by atoms with Crippen LogP contribution in [0.25, 0.3) is 0 Å². The molecule has 0 aromatic carbocycles. The van der Waals surface area contributed by atoms with Gasteiger partial charge in [0.05, 0.1) is 6.10 Å². The highest BCUT2D eigenvalue weighted by Gasteiger charge is 2.39. The third-order valence-corrected chi connectivity index (χ3v) is 2.86. The van der Waals surface area contributed by atoms with Gasteiger partial charge < -0.3 is 9.47 Å². The van der Waals surface area contributed by atoms with Crippen LogP contribution in [0.3, 0.4) is 0 Å². The van der Waals surface area contributed by atoms with Gasteiger partial charge in [-0.05, 0) is 26.2 Å². The maximum atomic E-state index is 11.2. The highest BCUT2D eigenvalue weighted by molar-refractivity contribution is 5.81. The van der Waals surface area contributed by atoms with Crippen molar-refractivity contribution in [3.63, 3.8) is 0 Å². The van der Waals surface area contributed by atoms with Crippen LogP contribution < -0.4 is 0 Å². The molecule has 0 N–H and O–H groups in total. The van der Waals surface area contributed by atoms with Crippen molar-refractivity contribution < 1.29 is 14.3 Å². The van der Waals surface area contributed by atoms with Crippen LogP contribution in [0.15, 0.2) is 12.7 Å². The molecule has 0 heterocycles. The Bertz CT molecular complexity index is 225. The van der Waals surface area contributed by atoms with E-state index in [1.165, 1.54) is 6.08 Å². The van der Waals surface area contributed by atoms with Gasteiger partial charge in [0.1, 0.15) is 5.60 Å². The second-order valence-electron chi connectivity index (χ2n) is 3.91. The molecule has 0 radical (unpaired) electrons. The summed E-state index contributed by atoms with van der Waals surface area (Å²) in [7, 11) is 1.66. The molecule has 0 aliphatic heterocycles. The van der Waals surface area contributed by atoms with Crippen molar-refractivity contribution in [1.29, 1.82) is 0 Å². The van der Waals surface area contributed by atoms with Gasteiger partial charge in [-0.3, -0.25) is 0 Å². The summed E-state index contributed by atoms with van der Waals surface area (Å²) >= 11 is 0. The Balaban J connectivity index is 2.67.